The van der Waals surface area contributed by atoms with Gasteiger partial charge >= 0.3 is 0 Å². The van der Waals surface area contributed by atoms with Crippen molar-refractivity contribution in [1.29, 1.82) is 0 Å². The van der Waals surface area contributed by atoms with Gasteiger partial charge < -0.3 is 10.4 Å². The lowest BCUT2D eigenvalue weighted by molar-refractivity contribution is -0.116. The summed E-state index contributed by atoms with van der Waals surface area (Å²) in [4.78, 5) is 11.6. The van der Waals surface area contributed by atoms with Gasteiger partial charge in [0.05, 0.1) is 0 Å². The Balaban J connectivity index is 3.39. The van der Waals surface area contributed by atoms with Crippen LogP contribution in [0.5, 0.6) is 5.75 Å². The maximum Gasteiger partial charge on any atom is 0.243 e. The number of amides is 1. The fourth-order valence-electron chi connectivity index (χ4n) is 2.30. The van der Waals surface area contributed by atoms with Crippen molar-refractivity contribution < 1.29 is 9.90 Å². The minimum atomic E-state index is -0.167. The lowest BCUT2D eigenvalue weighted by Crippen LogP contribution is -2.20. The maximum atomic E-state index is 11.6. The second-order valence-corrected chi connectivity index (χ2v) is 7.69. The second kappa shape index (κ2) is 6.55. The van der Waals surface area contributed by atoms with Crippen LogP contribution in [0.4, 0.5) is 0 Å². The van der Waals surface area contributed by atoms with Crippen LogP contribution >= 0.6 is 0 Å². The number of benzene rings is 1. The van der Waals surface area contributed by atoms with Crippen molar-refractivity contribution in [2.75, 3.05) is 6.54 Å². The van der Waals surface area contributed by atoms with E-state index in [2.05, 4.69) is 46.9 Å². The molecule has 0 saturated carbocycles. The predicted octanol–water partition coefficient (Wildman–Crippen LogP) is 4.14. The number of phenols is 1. The zero-order valence-corrected chi connectivity index (χ0v) is 14.9. The fraction of sp³-hybridized carbons (Fsp3) is 0.526. The van der Waals surface area contributed by atoms with E-state index in [4.69, 9.17) is 0 Å². The van der Waals surface area contributed by atoms with Gasteiger partial charge in [0.25, 0.3) is 0 Å². The van der Waals surface area contributed by atoms with Gasteiger partial charge in [-0.25, -0.2) is 0 Å². The Morgan fingerprint density at radius 2 is 1.55 bits per heavy atom. The second-order valence-electron chi connectivity index (χ2n) is 7.69. The van der Waals surface area contributed by atoms with E-state index < -0.39 is 0 Å². The third-order valence-electron chi connectivity index (χ3n) is 3.53. The fourth-order valence-corrected chi connectivity index (χ4v) is 2.30. The van der Waals surface area contributed by atoms with Crippen molar-refractivity contribution in [1.82, 2.24) is 5.32 Å². The Labute approximate surface area is 134 Å². The number of hydrogen-bond acceptors (Lipinski definition) is 2. The minimum absolute atomic E-state index is 0.106. The van der Waals surface area contributed by atoms with Gasteiger partial charge in [-0.15, -0.1) is 0 Å². The molecule has 0 atom stereocenters. The SMILES string of the molecule is CCNC(=O)/C=C/c1cc(C(C)(C)C)c(O)c(C(C)(C)C)c1. The first kappa shape index (κ1) is 18.3. The molecule has 3 heteroatoms. The van der Waals surface area contributed by atoms with Crippen molar-refractivity contribution in [2.24, 2.45) is 0 Å². The van der Waals surface area contributed by atoms with Crippen LogP contribution in [0.15, 0.2) is 18.2 Å². The summed E-state index contributed by atoms with van der Waals surface area (Å²) in [5.74, 6) is 0.250. The molecule has 0 aromatic heterocycles. The van der Waals surface area contributed by atoms with Crippen LogP contribution in [-0.4, -0.2) is 17.6 Å². The van der Waals surface area contributed by atoms with Gasteiger partial charge in [-0.1, -0.05) is 41.5 Å². The number of nitrogens with one attached hydrogen (secondary N) is 1. The zero-order chi connectivity index (χ0) is 17.1. The van der Waals surface area contributed by atoms with Crippen LogP contribution in [0, 0.1) is 0 Å². The molecule has 0 heterocycles. The molecule has 0 aliphatic carbocycles. The largest absolute Gasteiger partial charge is 0.507 e. The molecule has 0 aliphatic heterocycles. The molecule has 1 aromatic rings. The predicted molar refractivity (Wildman–Crippen MR) is 93.2 cm³/mol. The quantitative estimate of drug-likeness (QED) is 0.825. The van der Waals surface area contributed by atoms with Gasteiger partial charge in [-0.05, 0) is 41.5 Å². The molecule has 1 aromatic carbocycles. The third kappa shape index (κ3) is 4.62. The van der Waals surface area contributed by atoms with E-state index in [1.165, 1.54) is 6.08 Å². The summed E-state index contributed by atoms with van der Waals surface area (Å²) in [7, 11) is 0. The Morgan fingerprint density at radius 1 is 1.09 bits per heavy atom. The molecule has 0 aliphatic rings. The highest BCUT2D eigenvalue weighted by Gasteiger charge is 2.26. The molecular weight excluding hydrogens is 274 g/mol. The van der Waals surface area contributed by atoms with Crippen LogP contribution in [0.2, 0.25) is 0 Å². The van der Waals surface area contributed by atoms with E-state index in [1.54, 1.807) is 6.08 Å². The Morgan fingerprint density at radius 3 is 1.91 bits per heavy atom. The van der Waals surface area contributed by atoms with Gasteiger partial charge in [0.1, 0.15) is 5.75 Å². The van der Waals surface area contributed by atoms with E-state index >= 15 is 0 Å². The van der Waals surface area contributed by atoms with Crippen molar-refractivity contribution in [3.8, 4) is 5.75 Å². The normalized spacial score (nSPS) is 12.7. The molecule has 0 bridgehead atoms. The highest BCUT2D eigenvalue weighted by Crippen LogP contribution is 2.39. The van der Waals surface area contributed by atoms with E-state index in [0.29, 0.717) is 12.3 Å². The average Bonchev–Trinajstić information content (AvgIpc) is 2.35. The highest BCUT2D eigenvalue weighted by molar-refractivity contribution is 5.91. The van der Waals surface area contributed by atoms with E-state index in [9.17, 15) is 9.90 Å². The van der Waals surface area contributed by atoms with E-state index in [1.807, 2.05) is 19.1 Å². The molecule has 3 nitrogen and oxygen atoms in total. The van der Waals surface area contributed by atoms with Crippen molar-refractivity contribution in [2.45, 2.75) is 59.3 Å². The van der Waals surface area contributed by atoms with Crippen molar-refractivity contribution in [3.05, 3.63) is 34.9 Å². The lowest BCUT2D eigenvalue weighted by atomic mass is 9.78. The minimum Gasteiger partial charge on any atom is -0.507 e. The van der Waals surface area contributed by atoms with Crippen molar-refractivity contribution >= 4 is 12.0 Å². The van der Waals surface area contributed by atoms with Gasteiger partial charge in [-0.3, -0.25) is 4.79 Å². The van der Waals surface area contributed by atoms with Crippen LogP contribution in [0.1, 0.15) is 65.2 Å². The summed E-state index contributed by atoms with van der Waals surface area (Å²) >= 11 is 0. The molecule has 122 valence electrons. The summed E-state index contributed by atoms with van der Waals surface area (Å²) in [5, 5.41) is 13.4. The zero-order valence-electron chi connectivity index (χ0n) is 14.9. The monoisotopic (exact) mass is 303 g/mol. The standard InChI is InChI=1S/C19H29NO2/c1-8-20-16(21)10-9-13-11-14(18(2,3)4)17(22)15(12-13)19(5,6)7/h9-12,22H,8H2,1-7H3,(H,20,21)/b10-9+. The summed E-state index contributed by atoms with van der Waals surface area (Å²) in [5.41, 5.74) is 2.39. The molecule has 0 spiro atoms. The number of hydrogen-bond donors (Lipinski definition) is 2. The topological polar surface area (TPSA) is 49.3 Å². The number of rotatable bonds is 3. The van der Waals surface area contributed by atoms with Gasteiger partial charge in [0.2, 0.25) is 5.91 Å². The maximum absolute atomic E-state index is 11.6. The van der Waals surface area contributed by atoms with Crippen LogP contribution < -0.4 is 5.32 Å². The Hall–Kier alpha value is -1.77. The number of aromatic hydroxyl groups is 1. The number of likely N-dealkylation sites (N-methyl/N-ethyl adjacent to an activating group) is 1. The number of phenolic OH excluding ortho intramolecular Hbond substituents is 1. The first-order valence-electron chi connectivity index (χ1n) is 7.80. The van der Waals surface area contributed by atoms with Gasteiger partial charge in [0, 0.05) is 23.7 Å². The molecule has 0 unspecified atom stereocenters. The highest BCUT2D eigenvalue weighted by atomic mass is 16.3. The van der Waals surface area contributed by atoms with E-state index in [0.717, 1.165) is 16.7 Å². The average molecular weight is 303 g/mol. The van der Waals surface area contributed by atoms with Crippen molar-refractivity contribution in [3.63, 3.8) is 0 Å². The number of carbonyl (C=O) groups excluding carboxylic acids is 1. The Kier molecular flexibility index (Phi) is 5.44. The number of carbonyl (C=O) groups is 1. The lowest BCUT2D eigenvalue weighted by Gasteiger charge is -2.27. The molecule has 1 rings (SSSR count). The smallest absolute Gasteiger partial charge is 0.243 e. The third-order valence-corrected chi connectivity index (χ3v) is 3.53. The van der Waals surface area contributed by atoms with Crippen LogP contribution in [0.25, 0.3) is 6.08 Å². The first-order valence-corrected chi connectivity index (χ1v) is 7.80. The summed E-state index contributed by atoms with van der Waals surface area (Å²) in [6.07, 6.45) is 3.34. The molecule has 0 fully saturated rings. The summed E-state index contributed by atoms with van der Waals surface area (Å²) in [6.45, 7) is 15.0. The molecule has 0 radical (unpaired) electrons. The summed E-state index contributed by atoms with van der Waals surface area (Å²) < 4.78 is 0. The van der Waals surface area contributed by atoms with Gasteiger partial charge in [0.15, 0.2) is 0 Å². The van der Waals surface area contributed by atoms with Crippen LogP contribution in [0.3, 0.4) is 0 Å². The van der Waals surface area contributed by atoms with Gasteiger partial charge in [-0.2, -0.15) is 0 Å². The molecule has 0 saturated heterocycles. The van der Waals surface area contributed by atoms with E-state index in [-0.39, 0.29) is 16.7 Å². The first-order chi connectivity index (χ1) is 9.96. The molecule has 22 heavy (non-hydrogen) atoms. The summed E-state index contributed by atoms with van der Waals surface area (Å²) in [6, 6.07) is 3.92. The molecule has 1 amide bonds. The molecule has 2 N–H and O–H groups in total. The Bertz CT molecular complexity index is 537. The molecular formula is C19H29NO2. The van der Waals surface area contributed by atoms with Crippen LogP contribution in [-0.2, 0) is 15.6 Å².